The normalized spacial score (nSPS) is 32.0. The molecule has 1 aromatic carbocycles. The molecule has 2 heterocycles. The highest BCUT2D eigenvalue weighted by atomic mass is 16.5. The highest BCUT2D eigenvalue weighted by Crippen LogP contribution is 2.37. The minimum atomic E-state index is 0.246. The van der Waals surface area contributed by atoms with E-state index >= 15 is 0 Å². The lowest BCUT2D eigenvalue weighted by atomic mass is 9.94. The number of para-hydroxylation sites is 1. The fourth-order valence-corrected chi connectivity index (χ4v) is 3.04. The van der Waals surface area contributed by atoms with Gasteiger partial charge in [-0.05, 0) is 19.4 Å². The molecular formula is C15H22N2O. The van der Waals surface area contributed by atoms with Gasteiger partial charge < -0.3 is 10.1 Å². The Morgan fingerprint density at radius 3 is 3.11 bits per heavy atom. The first-order valence-corrected chi connectivity index (χ1v) is 6.93. The first kappa shape index (κ1) is 12.0. The van der Waals surface area contributed by atoms with Gasteiger partial charge in [0.25, 0.3) is 0 Å². The average molecular weight is 246 g/mol. The summed E-state index contributed by atoms with van der Waals surface area (Å²) in [7, 11) is 0. The summed E-state index contributed by atoms with van der Waals surface area (Å²) in [5.74, 6) is 1.07. The molecule has 1 aromatic rings. The van der Waals surface area contributed by atoms with Crippen LogP contribution in [0, 0.1) is 0 Å². The van der Waals surface area contributed by atoms with Gasteiger partial charge in [0.2, 0.25) is 0 Å². The van der Waals surface area contributed by atoms with Crippen LogP contribution >= 0.6 is 0 Å². The molecule has 1 saturated heterocycles. The van der Waals surface area contributed by atoms with Crippen molar-refractivity contribution in [3.63, 3.8) is 0 Å². The quantitative estimate of drug-likeness (QED) is 0.865. The molecule has 2 aliphatic heterocycles. The summed E-state index contributed by atoms with van der Waals surface area (Å²) in [5, 5.41) is 3.64. The van der Waals surface area contributed by atoms with E-state index in [1.807, 2.05) is 0 Å². The van der Waals surface area contributed by atoms with Crippen LogP contribution in [-0.4, -0.2) is 36.7 Å². The van der Waals surface area contributed by atoms with E-state index in [9.17, 15) is 0 Å². The van der Waals surface area contributed by atoms with Crippen LogP contribution in [0.1, 0.15) is 31.9 Å². The molecule has 1 N–H and O–H groups in total. The van der Waals surface area contributed by atoms with Crippen molar-refractivity contribution in [2.24, 2.45) is 0 Å². The maximum Gasteiger partial charge on any atom is 0.124 e. The number of nitrogens with one attached hydrogen (secondary N) is 1. The number of fused-ring (bicyclic) bond motifs is 1. The fourth-order valence-electron chi connectivity index (χ4n) is 3.04. The Hall–Kier alpha value is -1.06. The molecule has 0 saturated carbocycles. The van der Waals surface area contributed by atoms with E-state index in [2.05, 4.69) is 48.3 Å². The summed E-state index contributed by atoms with van der Waals surface area (Å²) < 4.78 is 5.80. The lowest BCUT2D eigenvalue weighted by Crippen LogP contribution is -2.59. The summed E-state index contributed by atoms with van der Waals surface area (Å²) in [6.45, 7) is 8.67. The topological polar surface area (TPSA) is 24.5 Å². The number of hydrogen-bond acceptors (Lipinski definition) is 3. The number of benzene rings is 1. The Labute approximate surface area is 109 Å². The van der Waals surface area contributed by atoms with Crippen molar-refractivity contribution in [2.75, 3.05) is 26.2 Å². The second-order valence-corrected chi connectivity index (χ2v) is 5.68. The van der Waals surface area contributed by atoms with Crippen molar-refractivity contribution in [3.05, 3.63) is 29.8 Å². The lowest BCUT2D eigenvalue weighted by molar-refractivity contribution is 0.0852. The van der Waals surface area contributed by atoms with Crippen molar-refractivity contribution >= 4 is 0 Å². The molecule has 98 valence electrons. The highest BCUT2D eigenvalue weighted by Gasteiger charge is 2.36. The smallest absolute Gasteiger partial charge is 0.124 e. The van der Waals surface area contributed by atoms with Crippen molar-refractivity contribution in [2.45, 2.75) is 31.8 Å². The number of nitrogens with zero attached hydrogens (tertiary/aromatic N) is 1. The zero-order valence-corrected chi connectivity index (χ0v) is 11.3. The van der Waals surface area contributed by atoms with E-state index in [1.54, 1.807) is 0 Å². The first-order chi connectivity index (χ1) is 8.72. The van der Waals surface area contributed by atoms with Crippen LogP contribution in [0.3, 0.4) is 0 Å². The summed E-state index contributed by atoms with van der Waals surface area (Å²) in [6.07, 6.45) is 1.17. The molecule has 3 rings (SSSR count). The van der Waals surface area contributed by atoms with Gasteiger partial charge in [-0.1, -0.05) is 25.1 Å². The third-order valence-corrected chi connectivity index (χ3v) is 4.40. The minimum Gasteiger partial charge on any atom is -0.491 e. The van der Waals surface area contributed by atoms with Gasteiger partial charge in [0.1, 0.15) is 12.4 Å². The maximum absolute atomic E-state index is 5.80. The summed E-state index contributed by atoms with van der Waals surface area (Å²) >= 11 is 0. The third-order valence-electron chi connectivity index (χ3n) is 4.40. The van der Waals surface area contributed by atoms with Crippen molar-refractivity contribution < 1.29 is 4.74 Å². The molecule has 0 spiro atoms. The molecule has 0 bridgehead atoms. The second-order valence-electron chi connectivity index (χ2n) is 5.68. The van der Waals surface area contributed by atoms with Gasteiger partial charge in [-0.3, -0.25) is 4.90 Å². The minimum absolute atomic E-state index is 0.246. The van der Waals surface area contributed by atoms with Crippen LogP contribution in [0.2, 0.25) is 0 Å². The zero-order valence-electron chi connectivity index (χ0n) is 11.3. The van der Waals surface area contributed by atoms with Crippen LogP contribution in [0.15, 0.2) is 24.3 Å². The van der Waals surface area contributed by atoms with Crippen LogP contribution in [-0.2, 0) is 0 Å². The molecule has 2 unspecified atom stereocenters. The van der Waals surface area contributed by atoms with Gasteiger partial charge in [-0.2, -0.15) is 0 Å². The van der Waals surface area contributed by atoms with Crippen molar-refractivity contribution in [1.82, 2.24) is 10.2 Å². The molecule has 18 heavy (non-hydrogen) atoms. The predicted octanol–water partition coefficient (Wildman–Crippen LogP) is 2.19. The van der Waals surface area contributed by atoms with Crippen LogP contribution < -0.4 is 10.1 Å². The SMILES string of the molecule is CCC1(C)CN(C2COc3ccccc32)CCN1. The van der Waals surface area contributed by atoms with Gasteiger partial charge >= 0.3 is 0 Å². The van der Waals surface area contributed by atoms with E-state index in [1.165, 1.54) is 12.0 Å². The van der Waals surface area contributed by atoms with E-state index in [-0.39, 0.29) is 5.54 Å². The molecule has 0 aliphatic carbocycles. The summed E-state index contributed by atoms with van der Waals surface area (Å²) in [5.41, 5.74) is 1.60. The molecule has 0 aromatic heterocycles. The number of ether oxygens (including phenoxy) is 1. The fraction of sp³-hybridized carbons (Fsp3) is 0.600. The third kappa shape index (κ3) is 2.02. The molecule has 1 fully saturated rings. The van der Waals surface area contributed by atoms with Gasteiger partial charge in [0.05, 0.1) is 6.04 Å². The van der Waals surface area contributed by atoms with Crippen LogP contribution in [0.25, 0.3) is 0 Å². The second kappa shape index (κ2) is 4.56. The summed E-state index contributed by atoms with van der Waals surface area (Å²) in [6, 6.07) is 8.89. The molecule has 0 amide bonds. The van der Waals surface area contributed by atoms with Crippen molar-refractivity contribution in [3.8, 4) is 5.75 Å². The van der Waals surface area contributed by atoms with Crippen LogP contribution in [0.5, 0.6) is 5.75 Å². The number of piperazine rings is 1. The number of hydrogen-bond donors (Lipinski definition) is 1. The van der Waals surface area contributed by atoms with Crippen LogP contribution in [0.4, 0.5) is 0 Å². The molecule has 3 nitrogen and oxygen atoms in total. The standard InChI is InChI=1S/C15H22N2O/c1-3-15(2)11-17(9-8-16-15)13-10-18-14-7-5-4-6-12(13)14/h4-7,13,16H,3,8-11H2,1-2H3. The van der Waals surface area contributed by atoms with E-state index < -0.39 is 0 Å². The largest absolute Gasteiger partial charge is 0.491 e. The van der Waals surface area contributed by atoms with Gasteiger partial charge in [0, 0.05) is 30.7 Å². The first-order valence-electron chi connectivity index (χ1n) is 6.93. The van der Waals surface area contributed by atoms with Crippen molar-refractivity contribution in [1.29, 1.82) is 0 Å². The molecular weight excluding hydrogens is 224 g/mol. The van der Waals surface area contributed by atoms with E-state index in [4.69, 9.17) is 4.74 Å². The van der Waals surface area contributed by atoms with E-state index in [0.29, 0.717) is 6.04 Å². The van der Waals surface area contributed by atoms with E-state index in [0.717, 1.165) is 32.0 Å². The summed E-state index contributed by atoms with van der Waals surface area (Å²) in [4.78, 5) is 2.58. The molecule has 0 radical (unpaired) electrons. The Kier molecular flexibility index (Phi) is 3.04. The maximum atomic E-state index is 5.80. The average Bonchev–Trinajstić information content (AvgIpc) is 2.83. The molecule has 2 atom stereocenters. The van der Waals surface area contributed by atoms with Gasteiger partial charge in [-0.15, -0.1) is 0 Å². The Morgan fingerprint density at radius 2 is 2.28 bits per heavy atom. The Morgan fingerprint density at radius 1 is 1.44 bits per heavy atom. The Bertz CT molecular complexity index is 434. The molecule has 3 heteroatoms. The molecule has 2 aliphatic rings. The van der Waals surface area contributed by atoms with Gasteiger partial charge in [0.15, 0.2) is 0 Å². The predicted molar refractivity (Wildman–Crippen MR) is 72.9 cm³/mol. The zero-order chi connectivity index (χ0) is 12.6. The highest BCUT2D eigenvalue weighted by molar-refractivity contribution is 5.39. The number of rotatable bonds is 2. The van der Waals surface area contributed by atoms with Gasteiger partial charge in [-0.25, -0.2) is 0 Å². The Balaban J connectivity index is 1.80. The lowest BCUT2D eigenvalue weighted by Gasteiger charge is -2.43. The monoisotopic (exact) mass is 246 g/mol.